The van der Waals surface area contributed by atoms with Gasteiger partial charge in [0, 0.05) is 17.4 Å². The van der Waals surface area contributed by atoms with Crippen molar-refractivity contribution in [1.82, 2.24) is 0 Å². The lowest BCUT2D eigenvalue weighted by molar-refractivity contribution is -0.137. The molecule has 1 amide bonds. The lowest BCUT2D eigenvalue weighted by Crippen LogP contribution is -2.37. The van der Waals surface area contributed by atoms with Crippen molar-refractivity contribution in [1.29, 1.82) is 0 Å². The molecule has 6 heteroatoms. The Morgan fingerprint density at radius 2 is 1.83 bits per heavy atom. The molecule has 0 aromatic heterocycles. The van der Waals surface area contributed by atoms with Crippen molar-refractivity contribution in [3.05, 3.63) is 59.7 Å². The van der Waals surface area contributed by atoms with Gasteiger partial charge in [0.1, 0.15) is 0 Å². The molecule has 3 rings (SSSR count). The van der Waals surface area contributed by atoms with Gasteiger partial charge in [-0.05, 0) is 49.2 Å². The van der Waals surface area contributed by atoms with Crippen LogP contribution in [0.3, 0.4) is 0 Å². The minimum Gasteiger partial charge on any atom is -0.359 e. The Bertz CT molecular complexity index is 741. The van der Waals surface area contributed by atoms with Crippen LogP contribution >= 0.6 is 0 Å². The number of halogens is 3. The zero-order valence-corrected chi connectivity index (χ0v) is 13.1. The van der Waals surface area contributed by atoms with E-state index in [1.54, 1.807) is 0 Å². The van der Waals surface area contributed by atoms with E-state index in [1.807, 2.05) is 36.1 Å². The van der Waals surface area contributed by atoms with E-state index in [-0.39, 0.29) is 18.5 Å². The van der Waals surface area contributed by atoms with Gasteiger partial charge in [-0.25, -0.2) is 0 Å². The summed E-state index contributed by atoms with van der Waals surface area (Å²) in [7, 11) is 0. The number of amides is 1. The Kier molecular flexibility index (Phi) is 4.22. The maximum atomic E-state index is 12.5. The van der Waals surface area contributed by atoms with E-state index in [9.17, 15) is 18.0 Å². The fourth-order valence-electron chi connectivity index (χ4n) is 2.97. The SMILES string of the molecule is CC1Cc2ccccc2N1CC(=O)Nc1ccc(C(F)(F)F)cc1. The van der Waals surface area contributed by atoms with Crippen LogP contribution in [0.25, 0.3) is 0 Å². The molecule has 126 valence electrons. The van der Waals surface area contributed by atoms with Gasteiger partial charge in [-0.15, -0.1) is 0 Å². The molecule has 0 fully saturated rings. The Morgan fingerprint density at radius 3 is 2.50 bits per heavy atom. The third-order valence-electron chi connectivity index (χ3n) is 4.16. The summed E-state index contributed by atoms with van der Waals surface area (Å²) >= 11 is 0. The second-order valence-electron chi connectivity index (χ2n) is 5.93. The number of carbonyl (C=O) groups excluding carboxylic acids is 1. The summed E-state index contributed by atoms with van der Waals surface area (Å²) in [6.07, 6.45) is -3.50. The van der Waals surface area contributed by atoms with Crippen molar-refractivity contribution in [3.63, 3.8) is 0 Å². The fourth-order valence-corrected chi connectivity index (χ4v) is 2.97. The summed E-state index contributed by atoms with van der Waals surface area (Å²) < 4.78 is 37.6. The average molecular weight is 334 g/mol. The zero-order valence-electron chi connectivity index (χ0n) is 13.1. The number of fused-ring (bicyclic) bond motifs is 1. The molecule has 1 unspecified atom stereocenters. The normalized spacial score (nSPS) is 16.8. The standard InChI is InChI=1S/C18H17F3N2O/c1-12-10-13-4-2-3-5-16(13)23(12)11-17(24)22-15-8-6-14(7-9-15)18(19,20)21/h2-9,12H,10-11H2,1H3,(H,22,24). The van der Waals surface area contributed by atoms with E-state index >= 15 is 0 Å². The number of hydrogen-bond donors (Lipinski definition) is 1. The van der Waals surface area contributed by atoms with Gasteiger partial charge in [-0.2, -0.15) is 13.2 Å². The Hall–Kier alpha value is -2.50. The van der Waals surface area contributed by atoms with Crippen LogP contribution in [0.1, 0.15) is 18.1 Å². The highest BCUT2D eigenvalue weighted by atomic mass is 19.4. The van der Waals surface area contributed by atoms with Gasteiger partial charge in [0.15, 0.2) is 0 Å². The number of nitrogens with one attached hydrogen (secondary N) is 1. The number of carbonyl (C=O) groups is 1. The van der Waals surface area contributed by atoms with Crippen LogP contribution < -0.4 is 10.2 Å². The second-order valence-corrected chi connectivity index (χ2v) is 5.93. The summed E-state index contributed by atoms with van der Waals surface area (Å²) in [5.41, 5.74) is 1.86. The first-order valence-corrected chi connectivity index (χ1v) is 7.66. The number of anilines is 2. The lowest BCUT2D eigenvalue weighted by Gasteiger charge is -2.24. The molecule has 1 heterocycles. The largest absolute Gasteiger partial charge is 0.416 e. The smallest absolute Gasteiger partial charge is 0.359 e. The van der Waals surface area contributed by atoms with Crippen molar-refractivity contribution in [2.45, 2.75) is 25.6 Å². The molecule has 0 saturated heterocycles. The van der Waals surface area contributed by atoms with Crippen molar-refractivity contribution in [2.24, 2.45) is 0 Å². The number of hydrogen-bond acceptors (Lipinski definition) is 2. The Morgan fingerprint density at radius 1 is 1.17 bits per heavy atom. The third-order valence-corrected chi connectivity index (χ3v) is 4.16. The topological polar surface area (TPSA) is 32.3 Å². The van der Waals surface area contributed by atoms with Gasteiger partial charge in [0.2, 0.25) is 5.91 Å². The van der Waals surface area contributed by atoms with Gasteiger partial charge in [0.25, 0.3) is 0 Å². The van der Waals surface area contributed by atoms with Crippen LogP contribution in [0.5, 0.6) is 0 Å². The Balaban J connectivity index is 1.66. The van der Waals surface area contributed by atoms with Gasteiger partial charge in [0.05, 0.1) is 12.1 Å². The van der Waals surface area contributed by atoms with Crippen molar-refractivity contribution in [3.8, 4) is 0 Å². The first kappa shape index (κ1) is 16.4. The minimum absolute atomic E-state index is 0.166. The van der Waals surface area contributed by atoms with Crippen molar-refractivity contribution >= 4 is 17.3 Å². The van der Waals surface area contributed by atoms with Gasteiger partial charge in [-0.3, -0.25) is 4.79 Å². The molecular formula is C18H17F3N2O. The first-order valence-electron chi connectivity index (χ1n) is 7.66. The molecule has 2 aromatic rings. The highest BCUT2D eigenvalue weighted by Crippen LogP contribution is 2.32. The van der Waals surface area contributed by atoms with E-state index in [4.69, 9.17) is 0 Å². The first-order chi connectivity index (χ1) is 11.3. The molecule has 1 aliphatic heterocycles. The van der Waals surface area contributed by atoms with Gasteiger partial charge in [-0.1, -0.05) is 18.2 Å². The van der Waals surface area contributed by atoms with Crippen LogP contribution in [0.4, 0.5) is 24.5 Å². The monoisotopic (exact) mass is 334 g/mol. The molecule has 24 heavy (non-hydrogen) atoms. The second kappa shape index (κ2) is 6.19. The molecule has 1 aliphatic rings. The van der Waals surface area contributed by atoms with Crippen LogP contribution in [0, 0.1) is 0 Å². The summed E-state index contributed by atoms with van der Waals surface area (Å²) in [5.74, 6) is -0.252. The van der Waals surface area contributed by atoms with Crippen LogP contribution in [0.2, 0.25) is 0 Å². The van der Waals surface area contributed by atoms with Gasteiger partial charge >= 0.3 is 6.18 Å². The molecular weight excluding hydrogens is 317 g/mol. The maximum absolute atomic E-state index is 12.5. The third kappa shape index (κ3) is 3.37. The molecule has 0 spiro atoms. The molecule has 1 N–H and O–H groups in total. The van der Waals surface area contributed by atoms with E-state index < -0.39 is 11.7 Å². The summed E-state index contributed by atoms with van der Waals surface area (Å²) in [6.45, 7) is 2.21. The van der Waals surface area contributed by atoms with Crippen LogP contribution in [0.15, 0.2) is 48.5 Å². The Labute approximate surface area is 138 Å². The number of nitrogens with zero attached hydrogens (tertiary/aromatic N) is 1. The van der Waals surface area contributed by atoms with E-state index in [2.05, 4.69) is 5.32 Å². The number of rotatable bonds is 3. The molecule has 0 bridgehead atoms. The van der Waals surface area contributed by atoms with Gasteiger partial charge < -0.3 is 10.2 Å². The molecule has 0 aliphatic carbocycles. The summed E-state index contributed by atoms with van der Waals surface area (Å²) in [4.78, 5) is 14.2. The van der Waals surface area contributed by atoms with Crippen molar-refractivity contribution < 1.29 is 18.0 Å². The molecule has 0 saturated carbocycles. The highest BCUT2D eigenvalue weighted by molar-refractivity contribution is 5.94. The zero-order chi connectivity index (χ0) is 17.3. The molecule has 1 atom stereocenters. The van der Waals surface area contributed by atoms with E-state index in [0.717, 1.165) is 24.2 Å². The number of benzene rings is 2. The quantitative estimate of drug-likeness (QED) is 0.917. The molecule has 3 nitrogen and oxygen atoms in total. The van der Waals surface area contributed by atoms with Crippen molar-refractivity contribution in [2.75, 3.05) is 16.8 Å². The van der Waals surface area contributed by atoms with E-state index in [1.165, 1.54) is 17.7 Å². The predicted molar refractivity (Wildman–Crippen MR) is 87.0 cm³/mol. The predicted octanol–water partition coefficient (Wildman–Crippen LogP) is 4.10. The average Bonchev–Trinajstić information content (AvgIpc) is 2.83. The minimum atomic E-state index is -4.38. The fraction of sp³-hybridized carbons (Fsp3) is 0.278. The highest BCUT2D eigenvalue weighted by Gasteiger charge is 2.30. The number of alkyl halides is 3. The lowest BCUT2D eigenvalue weighted by atomic mass is 10.1. The summed E-state index contributed by atoms with van der Waals surface area (Å²) in [6, 6.07) is 12.6. The van der Waals surface area contributed by atoms with Crippen LogP contribution in [-0.4, -0.2) is 18.5 Å². The van der Waals surface area contributed by atoms with Crippen LogP contribution in [-0.2, 0) is 17.4 Å². The molecule has 0 radical (unpaired) electrons. The number of para-hydroxylation sites is 1. The maximum Gasteiger partial charge on any atom is 0.416 e. The molecule has 2 aromatic carbocycles. The van der Waals surface area contributed by atoms with E-state index in [0.29, 0.717) is 5.69 Å². The summed E-state index contributed by atoms with van der Waals surface area (Å²) in [5, 5.41) is 2.65.